The molecule has 0 radical (unpaired) electrons. The summed E-state index contributed by atoms with van der Waals surface area (Å²) in [6.45, 7) is 3.75. The fraction of sp³-hybridized carbons (Fsp3) is 0.562. The van der Waals surface area contributed by atoms with E-state index in [0.717, 1.165) is 25.7 Å². The Hall–Kier alpha value is -1.36. The van der Waals surface area contributed by atoms with Crippen molar-refractivity contribution in [2.24, 2.45) is 5.92 Å². The van der Waals surface area contributed by atoms with Gasteiger partial charge in [0.05, 0.1) is 15.7 Å². The van der Waals surface area contributed by atoms with Crippen LogP contribution in [0, 0.1) is 12.8 Å². The number of carboxylic acid groups (broad SMARTS) is 1. The van der Waals surface area contributed by atoms with Gasteiger partial charge < -0.3 is 5.11 Å². The third kappa shape index (κ3) is 3.12. The van der Waals surface area contributed by atoms with Crippen LogP contribution in [0.25, 0.3) is 0 Å². The summed E-state index contributed by atoms with van der Waals surface area (Å²) in [6.07, 6.45) is 4.48. The second kappa shape index (κ2) is 6.18. The first kappa shape index (κ1) is 16.0. The summed E-state index contributed by atoms with van der Waals surface area (Å²) in [6, 6.07) is 4.35. The molecule has 0 heterocycles. The lowest BCUT2D eigenvalue weighted by Crippen LogP contribution is -2.33. The van der Waals surface area contributed by atoms with Crippen molar-refractivity contribution >= 4 is 15.8 Å². The van der Waals surface area contributed by atoms with E-state index in [0.29, 0.717) is 12.0 Å². The van der Waals surface area contributed by atoms with E-state index in [1.54, 1.807) is 13.0 Å². The second-order valence-electron chi connectivity index (χ2n) is 5.82. The molecule has 1 fully saturated rings. The highest BCUT2D eigenvalue weighted by atomic mass is 32.2. The van der Waals surface area contributed by atoms with Gasteiger partial charge in [0.15, 0.2) is 9.84 Å². The summed E-state index contributed by atoms with van der Waals surface area (Å²) in [5.74, 6) is -0.918. The normalized spacial score (nSPS) is 23.0. The molecule has 2 atom stereocenters. The molecule has 4 nitrogen and oxygen atoms in total. The van der Waals surface area contributed by atoms with Crippen LogP contribution in [0.2, 0.25) is 0 Å². The van der Waals surface area contributed by atoms with Crippen molar-refractivity contribution in [2.45, 2.75) is 56.1 Å². The average Bonchev–Trinajstić information content (AvgIpc) is 2.47. The summed E-state index contributed by atoms with van der Waals surface area (Å²) in [5.41, 5.74) is 0.656. The number of carboxylic acids is 1. The van der Waals surface area contributed by atoms with E-state index in [-0.39, 0.29) is 21.6 Å². The highest BCUT2D eigenvalue weighted by molar-refractivity contribution is 7.92. The van der Waals surface area contributed by atoms with Gasteiger partial charge in [0.1, 0.15) is 0 Å². The Morgan fingerprint density at radius 1 is 1.29 bits per heavy atom. The average molecular weight is 310 g/mol. The Labute approximate surface area is 126 Å². The van der Waals surface area contributed by atoms with E-state index in [1.165, 1.54) is 12.1 Å². The minimum atomic E-state index is -3.47. The summed E-state index contributed by atoms with van der Waals surface area (Å²) in [5, 5.41) is 8.70. The van der Waals surface area contributed by atoms with E-state index >= 15 is 0 Å². The van der Waals surface area contributed by atoms with E-state index in [4.69, 9.17) is 5.11 Å². The molecule has 1 aromatic carbocycles. The van der Waals surface area contributed by atoms with Gasteiger partial charge in [-0.05, 0) is 43.4 Å². The van der Waals surface area contributed by atoms with Crippen LogP contribution in [0.4, 0.5) is 0 Å². The molecule has 0 saturated heterocycles. The van der Waals surface area contributed by atoms with E-state index in [2.05, 4.69) is 0 Å². The Morgan fingerprint density at radius 2 is 1.95 bits per heavy atom. The Kier molecular flexibility index (Phi) is 4.71. The number of sulfone groups is 1. The summed E-state index contributed by atoms with van der Waals surface area (Å²) < 4.78 is 25.9. The third-order valence-electron chi connectivity index (χ3n) is 4.50. The van der Waals surface area contributed by atoms with Gasteiger partial charge in [0, 0.05) is 0 Å². The molecule has 0 amide bonds. The molecule has 1 saturated carbocycles. The third-order valence-corrected chi connectivity index (χ3v) is 6.97. The van der Waals surface area contributed by atoms with Gasteiger partial charge in [-0.15, -0.1) is 0 Å². The first-order valence-electron chi connectivity index (χ1n) is 7.45. The van der Waals surface area contributed by atoms with Crippen molar-refractivity contribution < 1.29 is 18.3 Å². The number of benzene rings is 1. The summed E-state index contributed by atoms with van der Waals surface area (Å²) >= 11 is 0. The van der Waals surface area contributed by atoms with Gasteiger partial charge >= 0.3 is 5.97 Å². The first-order valence-corrected chi connectivity index (χ1v) is 9.00. The largest absolute Gasteiger partial charge is 0.478 e. The van der Waals surface area contributed by atoms with Crippen molar-refractivity contribution in [3.63, 3.8) is 0 Å². The van der Waals surface area contributed by atoms with Crippen LogP contribution < -0.4 is 0 Å². The maximum Gasteiger partial charge on any atom is 0.335 e. The molecule has 0 aliphatic heterocycles. The monoisotopic (exact) mass is 310 g/mol. The molecule has 1 aliphatic carbocycles. The maximum absolute atomic E-state index is 13.0. The van der Waals surface area contributed by atoms with E-state index in [9.17, 15) is 13.2 Å². The molecule has 2 rings (SSSR count). The van der Waals surface area contributed by atoms with Crippen LogP contribution in [0.15, 0.2) is 23.1 Å². The number of aromatic carboxylic acids is 1. The standard InChI is InChI=1S/C16H22O4S/c1-3-12-6-4-5-7-14(12)21(19,20)15-10-13(16(17)18)9-8-11(15)2/h8-10,12,14H,3-7H2,1-2H3,(H,17,18). The molecule has 2 unspecified atom stereocenters. The summed E-state index contributed by atoms with van der Waals surface area (Å²) in [4.78, 5) is 11.3. The van der Waals surface area contributed by atoms with Gasteiger partial charge in [-0.25, -0.2) is 13.2 Å². The lowest BCUT2D eigenvalue weighted by molar-refractivity contribution is 0.0696. The number of rotatable bonds is 4. The van der Waals surface area contributed by atoms with Crippen LogP contribution in [0.3, 0.4) is 0 Å². The molecule has 1 aromatic rings. The maximum atomic E-state index is 13.0. The summed E-state index contributed by atoms with van der Waals surface area (Å²) in [7, 11) is -3.47. The van der Waals surface area contributed by atoms with Crippen molar-refractivity contribution in [2.75, 3.05) is 0 Å². The van der Waals surface area contributed by atoms with Gasteiger partial charge in [0.25, 0.3) is 0 Å². The van der Waals surface area contributed by atoms with E-state index in [1.807, 2.05) is 6.92 Å². The number of hydrogen-bond donors (Lipinski definition) is 1. The zero-order chi connectivity index (χ0) is 15.6. The van der Waals surface area contributed by atoms with Gasteiger partial charge in [-0.1, -0.05) is 32.3 Å². The molecule has 0 spiro atoms. The topological polar surface area (TPSA) is 71.4 Å². The lowest BCUT2D eigenvalue weighted by Gasteiger charge is -2.31. The molecule has 0 bridgehead atoms. The second-order valence-corrected chi connectivity index (χ2v) is 7.96. The Morgan fingerprint density at radius 3 is 2.57 bits per heavy atom. The molecule has 5 heteroatoms. The van der Waals surface area contributed by atoms with Crippen molar-refractivity contribution in [3.05, 3.63) is 29.3 Å². The SMILES string of the molecule is CCC1CCCCC1S(=O)(=O)c1cc(C(=O)O)ccc1C. The number of aryl methyl sites for hydroxylation is 1. The zero-order valence-corrected chi connectivity index (χ0v) is 13.3. The van der Waals surface area contributed by atoms with E-state index < -0.39 is 15.8 Å². The Bertz CT molecular complexity index is 634. The lowest BCUT2D eigenvalue weighted by atomic mass is 9.87. The fourth-order valence-corrected chi connectivity index (χ4v) is 5.70. The van der Waals surface area contributed by atoms with Crippen LogP contribution in [0.5, 0.6) is 0 Å². The number of carbonyl (C=O) groups is 1. The quantitative estimate of drug-likeness (QED) is 0.924. The molecule has 1 N–H and O–H groups in total. The predicted octanol–water partition coefficient (Wildman–Crippen LogP) is 3.44. The minimum Gasteiger partial charge on any atom is -0.478 e. The van der Waals surface area contributed by atoms with Crippen molar-refractivity contribution in [1.82, 2.24) is 0 Å². The zero-order valence-electron chi connectivity index (χ0n) is 12.5. The van der Waals surface area contributed by atoms with Crippen LogP contribution in [-0.2, 0) is 9.84 Å². The van der Waals surface area contributed by atoms with Gasteiger partial charge in [-0.2, -0.15) is 0 Å². The first-order chi connectivity index (χ1) is 9.87. The van der Waals surface area contributed by atoms with Gasteiger partial charge in [0.2, 0.25) is 0 Å². The van der Waals surface area contributed by atoms with Crippen LogP contribution in [0.1, 0.15) is 54.9 Å². The highest BCUT2D eigenvalue weighted by Crippen LogP contribution is 2.36. The predicted molar refractivity (Wildman–Crippen MR) is 81.4 cm³/mol. The van der Waals surface area contributed by atoms with Gasteiger partial charge in [-0.3, -0.25) is 0 Å². The molecule has 1 aliphatic rings. The minimum absolute atomic E-state index is 0.0306. The fourth-order valence-electron chi connectivity index (χ4n) is 3.25. The molecular weight excluding hydrogens is 288 g/mol. The highest BCUT2D eigenvalue weighted by Gasteiger charge is 2.36. The molecule has 116 valence electrons. The Balaban J connectivity index is 2.47. The van der Waals surface area contributed by atoms with Crippen LogP contribution in [-0.4, -0.2) is 24.7 Å². The molecule has 21 heavy (non-hydrogen) atoms. The van der Waals surface area contributed by atoms with Crippen molar-refractivity contribution in [1.29, 1.82) is 0 Å². The van der Waals surface area contributed by atoms with Crippen molar-refractivity contribution in [3.8, 4) is 0 Å². The molecule has 0 aromatic heterocycles. The number of hydrogen-bond acceptors (Lipinski definition) is 3. The van der Waals surface area contributed by atoms with Crippen LogP contribution >= 0.6 is 0 Å². The molecular formula is C16H22O4S. The smallest absolute Gasteiger partial charge is 0.335 e.